The zero-order valence-electron chi connectivity index (χ0n) is 8.50. The molecule has 1 atom stereocenters. The Kier molecular flexibility index (Phi) is 3.78. The number of nitrogens with one attached hydrogen (secondary N) is 1. The maximum absolute atomic E-state index is 6.09. The molecular weight excluding hydrogens is 228 g/mol. The number of hydrogen-bond donors (Lipinski definition) is 2. The monoisotopic (exact) mass is 242 g/mol. The number of nitrogen functional groups attached to an aromatic ring is 1. The van der Waals surface area contributed by atoms with Crippen molar-refractivity contribution in [3.05, 3.63) is 23.2 Å². The first-order valence-electron chi connectivity index (χ1n) is 5.17. The molecule has 2 nitrogen and oxygen atoms in total. The van der Waals surface area contributed by atoms with Gasteiger partial charge in [-0.15, -0.1) is 11.8 Å². The Morgan fingerprint density at radius 3 is 3.07 bits per heavy atom. The molecule has 0 saturated carbocycles. The van der Waals surface area contributed by atoms with Gasteiger partial charge in [-0.3, -0.25) is 0 Å². The van der Waals surface area contributed by atoms with Gasteiger partial charge in [0.2, 0.25) is 0 Å². The van der Waals surface area contributed by atoms with E-state index in [2.05, 4.69) is 5.32 Å². The van der Waals surface area contributed by atoms with Crippen LogP contribution in [0.25, 0.3) is 0 Å². The molecule has 1 heterocycles. The topological polar surface area (TPSA) is 38.0 Å². The minimum Gasteiger partial charge on any atom is -0.398 e. The maximum Gasteiger partial charge on any atom is 0.0562 e. The quantitative estimate of drug-likeness (QED) is 0.632. The summed E-state index contributed by atoms with van der Waals surface area (Å²) in [6, 6.07) is 6.29. The molecule has 1 aliphatic rings. The number of rotatable bonds is 3. The Hall–Kier alpha value is -0.380. The van der Waals surface area contributed by atoms with Crippen LogP contribution in [0.15, 0.2) is 23.1 Å². The number of hydrogen-bond acceptors (Lipinski definition) is 3. The van der Waals surface area contributed by atoms with Crippen LogP contribution in [0.4, 0.5) is 5.69 Å². The lowest BCUT2D eigenvalue weighted by Gasteiger charge is -2.11. The zero-order valence-corrected chi connectivity index (χ0v) is 10.1. The highest BCUT2D eigenvalue weighted by atomic mass is 35.5. The van der Waals surface area contributed by atoms with E-state index in [0.717, 1.165) is 27.9 Å². The Labute approximate surface area is 99.6 Å². The zero-order chi connectivity index (χ0) is 10.7. The van der Waals surface area contributed by atoms with Gasteiger partial charge in [-0.25, -0.2) is 0 Å². The van der Waals surface area contributed by atoms with Crippen LogP contribution >= 0.6 is 23.4 Å². The van der Waals surface area contributed by atoms with Crippen molar-refractivity contribution in [1.82, 2.24) is 5.32 Å². The number of halogens is 1. The minimum absolute atomic E-state index is 0.616. The molecule has 0 aliphatic carbocycles. The van der Waals surface area contributed by atoms with Gasteiger partial charge >= 0.3 is 0 Å². The van der Waals surface area contributed by atoms with E-state index in [1.54, 1.807) is 11.8 Å². The maximum atomic E-state index is 6.09. The van der Waals surface area contributed by atoms with Gasteiger partial charge in [-0.2, -0.15) is 0 Å². The third kappa shape index (κ3) is 2.80. The highest BCUT2D eigenvalue weighted by Gasteiger charge is 2.15. The molecule has 1 aromatic carbocycles. The summed E-state index contributed by atoms with van der Waals surface area (Å²) in [7, 11) is 0. The molecule has 0 bridgehead atoms. The second-order valence-corrected chi connectivity index (χ2v) is 5.20. The SMILES string of the molecule is Nc1cccc(Cl)c1SC[C@H]1CCCN1. The summed E-state index contributed by atoms with van der Waals surface area (Å²) in [6.07, 6.45) is 2.54. The molecule has 1 aromatic rings. The van der Waals surface area contributed by atoms with E-state index in [1.165, 1.54) is 12.8 Å². The van der Waals surface area contributed by atoms with Crippen LogP contribution in [0.1, 0.15) is 12.8 Å². The smallest absolute Gasteiger partial charge is 0.0562 e. The predicted octanol–water partition coefficient (Wildman–Crippen LogP) is 2.77. The van der Waals surface area contributed by atoms with Crippen molar-refractivity contribution in [2.75, 3.05) is 18.0 Å². The van der Waals surface area contributed by atoms with Gasteiger partial charge in [0.15, 0.2) is 0 Å². The van der Waals surface area contributed by atoms with E-state index in [9.17, 15) is 0 Å². The molecule has 0 radical (unpaired) electrons. The van der Waals surface area contributed by atoms with Crippen molar-refractivity contribution in [3.8, 4) is 0 Å². The van der Waals surface area contributed by atoms with E-state index in [-0.39, 0.29) is 0 Å². The van der Waals surface area contributed by atoms with Gasteiger partial charge < -0.3 is 11.1 Å². The third-order valence-electron chi connectivity index (χ3n) is 2.59. The second-order valence-electron chi connectivity index (χ2n) is 3.76. The molecule has 1 aliphatic heterocycles. The van der Waals surface area contributed by atoms with E-state index < -0.39 is 0 Å². The van der Waals surface area contributed by atoms with Crippen LogP contribution < -0.4 is 11.1 Å². The second kappa shape index (κ2) is 5.10. The van der Waals surface area contributed by atoms with Gasteiger partial charge in [-0.1, -0.05) is 17.7 Å². The summed E-state index contributed by atoms with van der Waals surface area (Å²) in [5.41, 5.74) is 6.66. The predicted molar refractivity (Wildman–Crippen MR) is 67.6 cm³/mol. The van der Waals surface area contributed by atoms with Gasteiger partial charge in [0.05, 0.1) is 5.02 Å². The first kappa shape index (κ1) is 11.1. The normalized spacial score (nSPS) is 20.7. The third-order valence-corrected chi connectivity index (χ3v) is 4.33. The van der Waals surface area contributed by atoms with Crippen molar-refractivity contribution in [2.24, 2.45) is 0 Å². The van der Waals surface area contributed by atoms with E-state index in [0.29, 0.717) is 6.04 Å². The highest BCUT2D eigenvalue weighted by molar-refractivity contribution is 7.99. The largest absolute Gasteiger partial charge is 0.398 e. The first-order chi connectivity index (χ1) is 7.27. The first-order valence-corrected chi connectivity index (χ1v) is 6.54. The minimum atomic E-state index is 0.616. The lowest BCUT2D eigenvalue weighted by Crippen LogP contribution is -2.23. The molecule has 2 rings (SSSR count). The summed E-state index contributed by atoms with van der Waals surface area (Å²) >= 11 is 7.85. The molecule has 1 fully saturated rings. The van der Waals surface area contributed by atoms with E-state index >= 15 is 0 Å². The van der Waals surface area contributed by atoms with Crippen LogP contribution in [-0.2, 0) is 0 Å². The highest BCUT2D eigenvalue weighted by Crippen LogP contribution is 2.33. The molecule has 1 saturated heterocycles. The van der Waals surface area contributed by atoms with Gasteiger partial charge in [-0.05, 0) is 31.5 Å². The molecule has 0 amide bonds. The fraction of sp³-hybridized carbons (Fsp3) is 0.455. The summed E-state index contributed by atoms with van der Waals surface area (Å²) < 4.78 is 0. The van der Waals surface area contributed by atoms with Crippen molar-refractivity contribution in [1.29, 1.82) is 0 Å². The fourth-order valence-electron chi connectivity index (χ4n) is 1.76. The van der Waals surface area contributed by atoms with E-state index in [1.807, 2.05) is 18.2 Å². The fourth-order valence-corrected chi connectivity index (χ4v) is 3.20. The van der Waals surface area contributed by atoms with Crippen molar-refractivity contribution >= 4 is 29.1 Å². The summed E-state index contributed by atoms with van der Waals surface area (Å²) in [4.78, 5) is 1.02. The number of nitrogens with two attached hydrogens (primary N) is 1. The van der Waals surface area contributed by atoms with E-state index in [4.69, 9.17) is 17.3 Å². The molecule has 0 aromatic heterocycles. The Bertz CT molecular complexity index is 317. The lowest BCUT2D eigenvalue weighted by atomic mass is 10.3. The summed E-state index contributed by atoms with van der Waals surface area (Å²) in [5.74, 6) is 1.05. The number of benzene rings is 1. The van der Waals surface area contributed by atoms with Crippen LogP contribution in [0, 0.1) is 0 Å². The molecule has 3 N–H and O–H groups in total. The lowest BCUT2D eigenvalue weighted by molar-refractivity contribution is 0.674. The van der Waals surface area contributed by atoms with Crippen LogP contribution in [0.3, 0.4) is 0 Å². The average molecular weight is 243 g/mol. The number of anilines is 1. The molecule has 82 valence electrons. The molecule has 15 heavy (non-hydrogen) atoms. The molecule has 0 unspecified atom stereocenters. The van der Waals surface area contributed by atoms with Gasteiger partial charge in [0, 0.05) is 22.4 Å². The molecule has 4 heteroatoms. The number of thioether (sulfide) groups is 1. The standard InChI is InChI=1S/C11H15ClN2S/c12-9-4-1-5-10(13)11(9)15-7-8-3-2-6-14-8/h1,4-5,8,14H,2-3,6-7,13H2/t8-/m1/s1. The van der Waals surface area contributed by atoms with Crippen molar-refractivity contribution in [2.45, 2.75) is 23.8 Å². The summed E-state index contributed by atoms with van der Waals surface area (Å²) in [6.45, 7) is 1.14. The summed E-state index contributed by atoms with van der Waals surface area (Å²) in [5, 5.41) is 4.22. The average Bonchev–Trinajstić information content (AvgIpc) is 2.70. The Morgan fingerprint density at radius 2 is 2.40 bits per heavy atom. The van der Waals surface area contributed by atoms with Crippen LogP contribution in [0.2, 0.25) is 5.02 Å². The van der Waals surface area contributed by atoms with Crippen LogP contribution in [0.5, 0.6) is 0 Å². The van der Waals surface area contributed by atoms with Gasteiger partial charge in [0.1, 0.15) is 0 Å². The van der Waals surface area contributed by atoms with Crippen molar-refractivity contribution < 1.29 is 0 Å². The molecular formula is C11H15ClN2S. The van der Waals surface area contributed by atoms with Crippen molar-refractivity contribution in [3.63, 3.8) is 0 Å². The Morgan fingerprint density at radius 1 is 1.53 bits per heavy atom. The molecule has 0 spiro atoms. The van der Waals surface area contributed by atoms with Crippen LogP contribution in [-0.4, -0.2) is 18.3 Å². The Balaban J connectivity index is 1.97. The van der Waals surface area contributed by atoms with Gasteiger partial charge in [0.25, 0.3) is 0 Å².